The number of aryl methyl sites for hydroxylation is 2. The minimum atomic E-state index is -3.91. The van der Waals surface area contributed by atoms with Crippen molar-refractivity contribution in [2.45, 2.75) is 44.9 Å². The van der Waals surface area contributed by atoms with E-state index in [-0.39, 0.29) is 16.8 Å². The molecule has 154 valence electrons. The lowest BCUT2D eigenvalue weighted by Gasteiger charge is -2.36. The summed E-state index contributed by atoms with van der Waals surface area (Å²) in [5.74, 6) is 0.257. The van der Waals surface area contributed by atoms with Gasteiger partial charge in [0.15, 0.2) is 0 Å². The summed E-state index contributed by atoms with van der Waals surface area (Å²) >= 11 is 0. The van der Waals surface area contributed by atoms with Crippen LogP contribution in [0.4, 0.5) is 10.5 Å². The van der Waals surface area contributed by atoms with Crippen molar-refractivity contribution in [3.63, 3.8) is 0 Å². The SMILES string of the molecule is CCCCN1CCC(=NS(=O)(=O)c2ccc(C)cc2)N(c2ccc(C)cc2)C1=O. The van der Waals surface area contributed by atoms with Gasteiger partial charge in [-0.2, -0.15) is 8.42 Å². The number of rotatable bonds is 6. The van der Waals surface area contributed by atoms with Crippen LogP contribution in [-0.4, -0.2) is 38.3 Å². The fourth-order valence-electron chi connectivity index (χ4n) is 3.19. The number of carbonyl (C=O) groups excluding carboxylic acids is 1. The first-order chi connectivity index (χ1) is 13.8. The summed E-state index contributed by atoms with van der Waals surface area (Å²) in [7, 11) is -3.91. The fraction of sp³-hybridized carbons (Fsp3) is 0.364. The van der Waals surface area contributed by atoms with E-state index in [0.29, 0.717) is 25.2 Å². The van der Waals surface area contributed by atoms with Crippen LogP contribution in [0.3, 0.4) is 0 Å². The molecule has 2 amide bonds. The van der Waals surface area contributed by atoms with Gasteiger partial charge in [-0.15, -0.1) is 4.40 Å². The third-order valence-electron chi connectivity index (χ3n) is 4.94. The molecule has 2 aromatic carbocycles. The molecule has 0 aromatic heterocycles. The second-order valence-corrected chi connectivity index (χ2v) is 8.94. The predicted molar refractivity (Wildman–Crippen MR) is 116 cm³/mol. The number of hydrogen-bond acceptors (Lipinski definition) is 3. The molecule has 0 aliphatic carbocycles. The largest absolute Gasteiger partial charge is 0.330 e. The van der Waals surface area contributed by atoms with Crippen molar-refractivity contribution in [3.05, 3.63) is 59.7 Å². The van der Waals surface area contributed by atoms with Gasteiger partial charge in [0.05, 0.1) is 10.6 Å². The van der Waals surface area contributed by atoms with E-state index < -0.39 is 10.0 Å². The van der Waals surface area contributed by atoms with Crippen molar-refractivity contribution in [3.8, 4) is 0 Å². The number of urea groups is 1. The zero-order valence-corrected chi connectivity index (χ0v) is 17.9. The van der Waals surface area contributed by atoms with Crippen LogP contribution >= 0.6 is 0 Å². The number of amidine groups is 1. The molecule has 2 aromatic rings. The summed E-state index contributed by atoms with van der Waals surface area (Å²) in [5.41, 5.74) is 2.66. The van der Waals surface area contributed by atoms with Gasteiger partial charge < -0.3 is 4.90 Å². The molecule has 3 rings (SSSR count). The zero-order chi connectivity index (χ0) is 21.0. The molecule has 1 heterocycles. The van der Waals surface area contributed by atoms with Crippen molar-refractivity contribution in [1.29, 1.82) is 0 Å². The Morgan fingerprint density at radius 2 is 1.55 bits per heavy atom. The van der Waals surface area contributed by atoms with Gasteiger partial charge in [-0.25, -0.2) is 9.69 Å². The van der Waals surface area contributed by atoms with Crippen LogP contribution < -0.4 is 4.90 Å². The van der Waals surface area contributed by atoms with Gasteiger partial charge in [0.25, 0.3) is 10.0 Å². The molecular weight excluding hydrogens is 386 g/mol. The number of sulfonamides is 1. The quantitative estimate of drug-likeness (QED) is 0.699. The topological polar surface area (TPSA) is 70.1 Å². The second-order valence-electron chi connectivity index (χ2n) is 7.34. The lowest BCUT2D eigenvalue weighted by molar-refractivity contribution is 0.204. The maximum Gasteiger partial charge on any atom is 0.330 e. The van der Waals surface area contributed by atoms with Crippen LogP contribution in [-0.2, 0) is 10.0 Å². The smallest absolute Gasteiger partial charge is 0.324 e. The van der Waals surface area contributed by atoms with Crippen molar-refractivity contribution in [1.82, 2.24) is 4.90 Å². The summed E-state index contributed by atoms with van der Waals surface area (Å²) in [6, 6.07) is 13.8. The first kappa shape index (κ1) is 21.0. The van der Waals surface area contributed by atoms with Crippen LogP contribution in [0.1, 0.15) is 37.3 Å². The van der Waals surface area contributed by atoms with Gasteiger partial charge in [0.2, 0.25) is 0 Å². The molecule has 1 saturated heterocycles. The highest BCUT2D eigenvalue weighted by molar-refractivity contribution is 7.90. The fourth-order valence-corrected chi connectivity index (χ4v) is 4.23. The van der Waals surface area contributed by atoms with Gasteiger partial charge >= 0.3 is 6.03 Å². The highest BCUT2D eigenvalue weighted by Gasteiger charge is 2.33. The highest BCUT2D eigenvalue weighted by atomic mass is 32.2. The number of benzene rings is 2. The molecule has 6 nitrogen and oxygen atoms in total. The first-order valence-electron chi connectivity index (χ1n) is 9.88. The number of unbranched alkanes of at least 4 members (excludes halogenated alkanes) is 1. The van der Waals surface area contributed by atoms with Crippen LogP contribution in [0.15, 0.2) is 57.8 Å². The minimum absolute atomic E-state index is 0.125. The average Bonchev–Trinajstić information content (AvgIpc) is 2.69. The number of hydrogen-bond donors (Lipinski definition) is 0. The Morgan fingerprint density at radius 1 is 0.966 bits per heavy atom. The molecule has 29 heavy (non-hydrogen) atoms. The number of anilines is 1. The summed E-state index contributed by atoms with van der Waals surface area (Å²) in [6.07, 6.45) is 2.27. The standard InChI is InChI=1S/C22H27N3O3S/c1-4-5-15-24-16-14-21(23-29(27,28)20-12-8-18(3)9-13-20)25(22(24)26)19-10-6-17(2)7-11-19/h6-13H,4-5,14-16H2,1-3H3. The Hall–Kier alpha value is -2.67. The van der Waals surface area contributed by atoms with E-state index in [1.165, 1.54) is 4.90 Å². The van der Waals surface area contributed by atoms with E-state index in [9.17, 15) is 13.2 Å². The van der Waals surface area contributed by atoms with Gasteiger partial charge in [-0.05, 0) is 44.5 Å². The van der Waals surface area contributed by atoms with Crippen molar-refractivity contribution >= 4 is 27.6 Å². The van der Waals surface area contributed by atoms with Crippen LogP contribution in [0.25, 0.3) is 0 Å². The summed E-state index contributed by atoms with van der Waals surface area (Å²) in [5, 5.41) is 0. The maximum atomic E-state index is 13.2. The summed E-state index contributed by atoms with van der Waals surface area (Å²) in [6.45, 7) is 7.05. The molecule has 7 heteroatoms. The molecule has 0 saturated carbocycles. The monoisotopic (exact) mass is 413 g/mol. The molecular formula is C22H27N3O3S. The Bertz CT molecular complexity index is 997. The molecule has 0 N–H and O–H groups in total. The Balaban J connectivity index is 2.00. The van der Waals surface area contributed by atoms with Crippen LogP contribution in [0.2, 0.25) is 0 Å². The Morgan fingerprint density at radius 3 is 2.14 bits per heavy atom. The van der Waals surface area contributed by atoms with E-state index in [1.54, 1.807) is 29.2 Å². The van der Waals surface area contributed by atoms with Gasteiger partial charge in [-0.3, -0.25) is 0 Å². The zero-order valence-electron chi connectivity index (χ0n) is 17.1. The van der Waals surface area contributed by atoms with Crippen molar-refractivity contribution in [2.75, 3.05) is 18.0 Å². The number of amides is 2. The highest BCUT2D eigenvalue weighted by Crippen LogP contribution is 2.24. The molecule has 0 radical (unpaired) electrons. The maximum absolute atomic E-state index is 13.2. The van der Waals surface area contributed by atoms with Crippen LogP contribution in [0, 0.1) is 13.8 Å². The Labute approximate surface area is 172 Å². The second kappa shape index (κ2) is 8.78. The van der Waals surface area contributed by atoms with Gasteiger partial charge in [0.1, 0.15) is 5.84 Å². The van der Waals surface area contributed by atoms with E-state index in [1.807, 2.05) is 38.1 Å². The number of nitrogens with zero attached hydrogens (tertiary/aromatic N) is 3. The molecule has 0 atom stereocenters. The Kier molecular flexibility index (Phi) is 6.37. The third-order valence-corrected chi connectivity index (χ3v) is 6.26. The molecule has 1 aliphatic heterocycles. The van der Waals surface area contributed by atoms with E-state index in [4.69, 9.17) is 0 Å². The van der Waals surface area contributed by atoms with Crippen molar-refractivity contribution < 1.29 is 13.2 Å². The predicted octanol–water partition coefficient (Wildman–Crippen LogP) is 4.52. The molecule has 1 fully saturated rings. The van der Waals surface area contributed by atoms with Gasteiger partial charge in [-0.1, -0.05) is 48.7 Å². The molecule has 0 bridgehead atoms. The third kappa shape index (κ3) is 4.85. The van der Waals surface area contributed by atoms with Crippen molar-refractivity contribution in [2.24, 2.45) is 4.40 Å². The minimum Gasteiger partial charge on any atom is -0.324 e. The van der Waals surface area contributed by atoms with Crippen LogP contribution in [0.5, 0.6) is 0 Å². The lowest BCUT2D eigenvalue weighted by atomic mass is 10.1. The summed E-state index contributed by atoms with van der Waals surface area (Å²) < 4.78 is 29.8. The average molecular weight is 414 g/mol. The van der Waals surface area contributed by atoms with E-state index in [2.05, 4.69) is 11.3 Å². The van der Waals surface area contributed by atoms with E-state index >= 15 is 0 Å². The molecule has 0 unspecified atom stereocenters. The summed E-state index contributed by atoms with van der Waals surface area (Å²) in [4.78, 5) is 16.5. The van der Waals surface area contributed by atoms with E-state index in [0.717, 1.165) is 24.0 Å². The molecule has 1 aliphatic rings. The number of carbonyl (C=O) groups is 1. The molecule has 0 spiro atoms. The lowest BCUT2D eigenvalue weighted by Crippen LogP contribution is -2.53. The normalized spacial score (nSPS) is 16.5. The van der Waals surface area contributed by atoms with Gasteiger partial charge in [0, 0.05) is 19.5 Å². The first-order valence-corrected chi connectivity index (χ1v) is 11.3.